The van der Waals surface area contributed by atoms with Crippen molar-refractivity contribution in [3.63, 3.8) is 0 Å². The predicted molar refractivity (Wildman–Crippen MR) is 163 cm³/mol. The molecule has 12 heteroatoms. The Morgan fingerprint density at radius 2 is 1.81 bits per heavy atom. The molecule has 0 saturated carbocycles. The molecule has 5 heterocycles. The molecule has 3 aromatic rings. The van der Waals surface area contributed by atoms with E-state index in [0.29, 0.717) is 55.2 Å². The normalized spacial score (nSPS) is 18.7. The van der Waals surface area contributed by atoms with Gasteiger partial charge in [0.1, 0.15) is 11.9 Å². The number of hydrogen-bond acceptors (Lipinski definition) is 9. The zero-order valence-corrected chi connectivity index (χ0v) is 25.1. The monoisotopic (exact) mass is 605 g/mol. The second-order valence-electron chi connectivity index (χ2n) is 11.2. The van der Waals surface area contributed by atoms with Crippen LogP contribution in [-0.4, -0.2) is 83.3 Å². The van der Waals surface area contributed by atoms with Crippen molar-refractivity contribution in [2.45, 2.75) is 51.4 Å². The zero-order chi connectivity index (χ0) is 29.9. The Balaban J connectivity index is 1.13. The number of hydrogen-bond donors (Lipinski definition) is 2. The lowest BCUT2D eigenvalue weighted by Crippen LogP contribution is -2.45. The lowest BCUT2D eigenvalue weighted by molar-refractivity contribution is -0.125. The Labute approximate surface area is 255 Å². The Morgan fingerprint density at radius 1 is 1.05 bits per heavy atom. The highest BCUT2D eigenvalue weighted by atomic mass is 35.5. The van der Waals surface area contributed by atoms with Crippen molar-refractivity contribution >= 4 is 35.2 Å². The van der Waals surface area contributed by atoms with Gasteiger partial charge in [0, 0.05) is 56.2 Å². The summed E-state index contributed by atoms with van der Waals surface area (Å²) >= 11 is 6.50. The highest BCUT2D eigenvalue weighted by Gasteiger charge is 2.35. The van der Waals surface area contributed by atoms with Crippen LogP contribution in [0.4, 0.5) is 11.8 Å². The fourth-order valence-electron chi connectivity index (χ4n) is 5.67. The molecule has 0 bridgehead atoms. The van der Waals surface area contributed by atoms with Crippen LogP contribution in [0.5, 0.6) is 0 Å². The minimum Gasteiger partial charge on any atom is -0.381 e. The maximum atomic E-state index is 13.5. The SMILES string of the molecule is C[C@H](C(=O)N[C@H](C)c1ccnc(N2CCOCC2)c1)N1Cc2ccc(-c3nc(NC4CCOCC4)ncc3Cl)cc2C1=O. The van der Waals surface area contributed by atoms with Gasteiger partial charge in [-0.15, -0.1) is 0 Å². The summed E-state index contributed by atoms with van der Waals surface area (Å²) in [6.07, 6.45) is 5.10. The third-order valence-corrected chi connectivity index (χ3v) is 8.60. The van der Waals surface area contributed by atoms with Crippen molar-refractivity contribution in [2.24, 2.45) is 0 Å². The maximum absolute atomic E-state index is 13.5. The molecule has 3 aliphatic rings. The molecule has 2 aromatic heterocycles. The summed E-state index contributed by atoms with van der Waals surface area (Å²) in [5.41, 5.74) is 3.62. The van der Waals surface area contributed by atoms with Crippen molar-refractivity contribution in [1.82, 2.24) is 25.2 Å². The van der Waals surface area contributed by atoms with Gasteiger partial charge in [0.05, 0.1) is 36.2 Å². The fourth-order valence-corrected chi connectivity index (χ4v) is 5.88. The number of aromatic nitrogens is 3. The van der Waals surface area contributed by atoms with Gasteiger partial charge in [-0.2, -0.15) is 0 Å². The summed E-state index contributed by atoms with van der Waals surface area (Å²) < 4.78 is 10.9. The van der Waals surface area contributed by atoms with Gasteiger partial charge in [0.15, 0.2) is 0 Å². The zero-order valence-electron chi connectivity index (χ0n) is 24.4. The molecule has 43 heavy (non-hydrogen) atoms. The highest BCUT2D eigenvalue weighted by molar-refractivity contribution is 6.33. The van der Waals surface area contributed by atoms with Gasteiger partial charge in [0.25, 0.3) is 5.91 Å². The Bertz CT molecular complexity index is 1490. The lowest BCUT2D eigenvalue weighted by atomic mass is 10.0. The summed E-state index contributed by atoms with van der Waals surface area (Å²) in [4.78, 5) is 44.2. The van der Waals surface area contributed by atoms with E-state index in [2.05, 4.69) is 30.5 Å². The maximum Gasteiger partial charge on any atom is 0.255 e. The molecule has 6 rings (SSSR count). The third-order valence-electron chi connectivity index (χ3n) is 8.32. The summed E-state index contributed by atoms with van der Waals surface area (Å²) in [7, 11) is 0. The van der Waals surface area contributed by atoms with Crippen molar-refractivity contribution in [3.05, 3.63) is 64.4 Å². The van der Waals surface area contributed by atoms with E-state index < -0.39 is 6.04 Å². The Morgan fingerprint density at radius 3 is 2.60 bits per heavy atom. The van der Waals surface area contributed by atoms with E-state index in [9.17, 15) is 9.59 Å². The first kappa shape index (κ1) is 29.3. The fraction of sp³-hybridized carbons (Fsp3) is 0.452. The number of pyridine rings is 1. The highest BCUT2D eigenvalue weighted by Crippen LogP contribution is 2.32. The van der Waals surface area contributed by atoms with Crippen LogP contribution in [0.15, 0.2) is 42.7 Å². The number of anilines is 2. The molecule has 226 valence electrons. The van der Waals surface area contributed by atoms with Crippen LogP contribution >= 0.6 is 11.6 Å². The number of carbonyl (C=O) groups excluding carboxylic acids is 2. The van der Waals surface area contributed by atoms with Crippen LogP contribution in [0.1, 0.15) is 54.2 Å². The second-order valence-corrected chi connectivity index (χ2v) is 11.6. The number of fused-ring (bicyclic) bond motifs is 1. The Kier molecular flexibility index (Phi) is 8.73. The first-order chi connectivity index (χ1) is 20.9. The molecule has 11 nitrogen and oxygen atoms in total. The van der Waals surface area contributed by atoms with E-state index in [4.69, 9.17) is 21.1 Å². The number of rotatable bonds is 8. The molecule has 2 saturated heterocycles. The molecule has 3 aliphatic heterocycles. The standard InChI is InChI=1S/C31H36ClN7O4/c1-19(21-5-8-33-27(16-21)38-9-13-43-14-10-38)35-29(40)20(2)39-18-23-4-3-22(15-25(23)30(39)41)28-26(32)17-34-31(37-28)36-24-6-11-42-12-7-24/h3-5,8,15-17,19-20,24H,6-7,9-14,18H2,1-2H3,(H,35,40)(H,34,36,37)/t19-,20-/m1/s1. The van der Waals surface area contributed by atoms with Gasteiger partial charge in [-0.05, 0) is 56.0 Å². The second kappa shape index (κ2) is 12.8. The number of benzene rings is 1. The van der Waals surface area contributed by atoms with Gasteiger partial charge in [-0.25, -0.2) is 15.0 Å². The van der Waals surface area contributed by atoms with E-state index in [-0.39, 0.29) is 23.9 Å². The van der Waals surface area contributed by atoms with Gasteiger partial charge in [-0.3, -0.25) is 9.59 Å². The number of amides is 2. The Hall–Kier alpha value is -3.80. The van der Waals surface area contributed by atoms with Crippen LogP contribution in [-0.2, 0) is 20.8 Å². The number of nitrogens with zero attached hydrogens (tertiary/aromatic N) is 5. The average Bonchev–Trinajstić information content (AvgIpc) is 3.37. The van der Waals surface area contributed by atoms with E-state index >= 15 is 0 Å². The third kappa shape index (κ3) is 6.43. The van der Waals surface area contributed by atoms with Crippen LogP contribution in [0.25, 0.3) is 11.3 Å². The number of carbonyl (C=O) groups is 2. The summed E-state index contributed by atoms with van der Waals surface area (Å²) in [6.45, 7) is 8.36. The molecular formula is C31H36ClN7O4. The van der Waals surface area contributed by atoms with Gasteiger partial charge >= 0.3 is 0 Å². The molecular weight excluding hydrogens is 570 g/mol. The number of morpholine rings is 1. The molecule has 1 aromatic carbocycles. The summed E-state index contributed by atoms with van der Waals surface area (Å²) in [5, 5.41) is 6.85. The van der Waals surface area contributed by atoms with Crippen molar-refractivity contribution in [1.29, 1.82) is 0 Å². The van der Waals surface area contributed by atoms with E-state index in [1.807, 2.05) is 37.3 Å². The molecule has 2 fully saturated rings. The van der Waals surface area contributed by atoms with Crippen molar-refractivity contribution in [2.75, 3.05) is 49.7 Å². The molecule has 0 spiro atoms. The van der Waals surface area contributed by atoms with Crippen LogP contribution in [0.2, 0.25) is 5.02 Å². The molecule has 2 amide bonds. The van der Waals surface area contributed by atoms with Crippen LogP contribution in [0, 0.1) is 0 Å². The molecule has 0 radical (unpaired) electrons. The average molecular weight is 606 g/mol. The summed E-state index contributed by atoms with van der Waals surface area (Å²) in [5.74, 6) is 0.939. The number of halogens is 1. The predicted octanol–water partition coefficient (Wildman–Crippen LogP) is 3.84. The van der Waals surface area contributed by atoms with Crippen molar-refractivity contribution < 1.29 is 19.1 Å². The van der Waals surface area contributed by atoms with Gasteiger partial charge in [0.2, 0.25) is 11.9 Å². The largest absolute Gasteiger partial charge is 0.381 e. The molecule has 0 unspecified atom stereocenters. The van der Waals surface area contributed by atoms with Gasteiger partial charge < -0.3 is 29.9 Å². The van der Waals surface area contributed by atoms with Crippen LogP contribution < -0.4 is 15.5 Å². The molecule has 0 aliphatic carbocycles. The van der Waals surface area contributed by atoms with E-state index in [0.717, 1.165) is 48.4 Å². The van der Waals surface area contributed by atoms with E-state index in [1.165, 1.54) is 0 Å². The number of ether oxygens (including phenoxy) is 2. The minimum atomic E-state index is -0.663. The smallest absolute Gasteiger partial charge is 0.255 e. The first-order valence-electron chi connectivity index (χ1n) is 14.8. The summed E-state index contributed by atoms with van der Waals surface area (Å²) in [6, 6.07) is 8.84. The molecule has 2 N–H and O–H groups in total. The van der Waals surface area contributed by atoms with Crippen molar-refractivity contribution in [3.8, 4) is 11.3 Å². The first-order valence-corrected chi connectivity index (χ1v) is 15.2. The molecule has 2 atom stereocenters. The van der Waals surface area contributed by atoms with Gasteiger partial charge in [-0.1, -0.05) is 23.7 Å². The quantitative estimate of drug-likeness (QED) is 0.394. The van der Waals surface area contributed by atoms with E-state index in [1.54, 1.807) is 24.2 Å². The number of nitrogens with one attached hydrogen (secondary N) is 2. The lowest BCUT2D eigenvalue weighted by Gasteiger charge is -2.29. The topological polar surface area (TPSA) is 122 Å². The minimum absolute atomic E-state index is 0.198. The van der Waals surface area contributed by atoms with Crippen LogP contribution in [0.3, 0.4) is 0 Å².